The van der Waals surface area contributed by atoms with E-state index < -0.39 is 6.43 Å². The molecular weight excluding hydrogens is 548 g/mol. The van der Waals surface area contributed by atoms with Gasteiger partial charge in [0.05, 0.1) is 66.9 Å². The molecular formula is C27H25F2N11O2. The van der Waals surface area contributed by atoms with Crippen LogP contribution in [0.25, 0.3) is 16.2 Å². The van der Waals surface area contributed by atoms with Crippen molar-refractivity contribution >= 4 is 34.4 Å². The number of benzene rings is 1. The summed E-state index contributed by atoms with van der Waals surface area (Å²) < 4.78 is 38.3. The molecule has 0 atom stereocenters. The van der Waals surface area contributed by atoms with E-state index in [2.05, 4.69) is 45.5 Å². The number of hydrogen-bond donors (Lipinski definition) is 1. The first kappa shape index (κ1) is 27.1. The molecule has 0 bridgehead atoms. The van der Waals surface area contributed by atoms with E-state index in [1.54, 1.807) is 44.6 Å². The van der Waals surface area contributed by atoms with Crippen molar-refractivity contribution in [2.24, 2.45) is 12.0 Å². The number of para-hydroxylation sites is 1. The SMILES string of the molecule is [C-]#[N+]c1nc(Cc2cc(Nc3cccc(-c4nnn(C)n4)c3OC)c3c(n2)CC(C(F)F)=N3)cnc1N1CC(OC)C1. The second kappa shape index (κ2) is 11.1. The Morgan fingerprint density at radius 3 is 2.69 bits per heavy atom. The molecule has 214 valence electrons. The third-order valence-electron chi connectivity index (χ3n) is 6.95. The lowest BCUT2D eigenvalue weighted by atomic mass is 10.1. The van der Waals surface area contributed by atoms with Crippen LogP contribution >= 0.6 is 0 Å². The Morgan fingerprint density at radius 2 is 2.00 bits per heavy atom. The van der Waals surface area contributed by atoms with E-state index in [1.165, 1.54) is 11.9 Å². The highest BCUT2D eigenvalue weighted by Crippen LogP contribution is 2.41. The molecule has 1 aromatic carbocycles. The molecule has 5 heterocycles. The number of hydrogen-bond acceptors (Lipinski definition) is 11. The lowest BCUT2D eigenvalue weighted by Gasteiger charge is -2.39. The zero-order chi connectivity index (χ0) is 29.4. The Bertz CT molecular complexity index is 1730. The van der Waals surface area contributed by atoms with Crippen LogP contribution in [0, 0.1) is 6.57 Å². The van der Waals surface area contributed by atoms with Gasteiger partial charge in [-0.25, -0.2) is 18.8 Å². The summed E-state index contributed by atoms with van der Waals surface area (Å²) in [5, 5.41) is 15.5. The highest BCUT2D eigenvalue weighted by atomic mass is 19.3. The summed E-state index contributed by atoms with van der Waals surface area (Å²) in [5.74, 6) is 1.50. The van der Waals surface area contributed by atoms with Crippen LogP contribution in [0.1, 0.15) is 17.1 Å². The molecule has 0 amide bonds. The van der Waals surface area contributed by atoms with E-state index in [1.807, 2.05) is 4.90 Å². The summed E-state index contributed by atoms with van der Waals surface area (Å²) in [4.78, 5) is 24.7. The van der Waals surface area contributed by atoms with Crippen molar-refractivity contribution in [3.63, 3.8) is 0 Å². The average Bonchev–Trinajstić information content (AvgIpc) is 3.59. The molecule has 0 radical (unpaired) electrons. The van der Waals surface area contributed by atoms with Crippen LogP contribution in [0.5, 0.6) is 5.75 Å². The van der Waals surface area contributed by atoms with E-state index in [9.17, 15) is 8.78 Å². The highest BCUT2D eigenvalue weighted by molar-refractivity contribution is 5.98. The van der Waals surface area contributed by atoms with Gasteiger partial charge in [0.2, 0.25) is 5.82 Å². The average molecular weight is 574 g/mol. The van der Waals surface area contributed by atoms with Crippen LogP contribution in [0.3, 0.4) is 0 Å². The minimum absolute atomic E-state index is 0.0796. The molecule has 3 aromatic heterocycles. The number of aliphatic imine (C=N–C) groups is 1. The number of rotatable bonds is 9. The van der Waals surface area contributed by atoms with Gasteiger partial charge < -0.3 is 24.5 Å². The van der Waals surface area contributed by atoms with Crippen molar-refractivity contribution in [2.45, 2.75) is 25.4 Å². The van der Waals surface area contributed by atoms with Gasteiger partial charge in [-0.15, -0.1) is 15.2 Å². The Hall–Kier alpha value is -5.10. The van der Waals surface area contributed by atoms with Gasteiger partial charge in [0.1, 0.15) is 5.69 Å². The van der Waals surface area contributed by atoms with Crippen molar-refractivity contribution in [3.05, 3.63) is 59.0 Å². The van der Waals surface area contributed by atoms with Crippen molar-refractivity contribution in [3.8, 4) is 17.1 Å². The molecule has 1 fully saturated rings. The summed E-state index contributed by atoms with van der Waals surface area (Å²) in [5.41, 5.74) is 3.16. The van der Waals surface area contributed by atoms with Crippen LogP contribution in [0.4, 0.5) is 37.5 Å². The van der Waals surface area contributed by atoms with Crippen molar-refractivity contribution < 1.29 is 18.3 Å². The first-order chi connectivity index (χ1) is 20.4. The van der Waals surface area contributed by atoms with E-state index in [4.69, 9.17) is 16.0 Å². The number of tetrazole rings is 1. The molecule has 0 unspecified atom stereocenters. The molecule has 6 rings (SSSR count). The van der Waals surface area contributed by atoms with E-state index >= 15 is 0 Å². The normalized spacial score (nSPS) is 14.4. The predicted octanol–water partition coefficient (Wildman–Crippen LogP) is 3.68. The summed E-state index contributed by atoms with van der Waals surface area (Å²) in [6.07, 6.45) is -0.862. The number of alkyl halides is 2. The Balaban J connectivity index is 1.34. The number of aryl methyl sites for hydroxylation is 1. The van der Waals surface area contributed by atoms with Gasteiger partial charge in [-0.2, -0.15) is 4.80 Å². The van der Waals surface area contributed by atoms with E-state index in [-0.39, 0.29) is 30.5 Å². The fourth-order valence-electron chi connectivity index (χ4n) is 4.87. The Kier molecular flexibility index (Phi) is 7.13. The standard InChI is InChI=1S/C27H25F2N11O2/c1-30-26-27(40-12-16(13-40)41-3)31-11-15(33-26)8-14-9-19(22-20(32-14)10-21(35-22)24(28)29)34-18-7-5-6-17(23(18)42-4)25-36-38-39(2)37-25/h5-7,9,11,16,24H,8,10,12-13H2,2-4H3,(H,32,34). The maximum absolute atomic E-state index is 13.7. The van der Waals surface area contributed by atoms with E-state index in [0.717, 1.165) is 0 Å². The van der Waals surface area contributed by atoms with Gasteiger partial charge in [-0.1, -0.05) is 12.6 Å². The molecule has 1 saturated heterocycles. The fraction of sp³-hybridized carbons (Fsp3) is 0.333. The van der Waals surface area contributed by atoms with Gasteiger partial charge >= 0.3 is 5.82 Å². The molecule has 0 aliphatic carbocycles. The second-order valence-electron chi connectivity index (χ2n) is 9.71. The van der Waals surface area contributed by atoms with Gasteiger partial charge in [-0.05, 0) is 23.4 Å². The molecule has 15 heteroatoms. The minimum atomic E-state index is -2.71. The number of fused-ring (bicyclic) bond motifs is 1. The Morgan fingerprint density at radius 1 is 1.17 bits per heavy atom. The number of methoxy groups -OCH3 is 2. The van der Waals surface area contributed by atoms with Crippen LogP contribution in [0.2, 0.25) is 0 Å². The first-order valence-electron chi connectivity index (χ1n) is 12.9. The molecule has 2 aliphatic heterocycles. The third kappa shape index (κ3) is 5.07. The molecule has 0 saturated carbocycles. The summed E-state index contributed by atoms with van der Waals surface area (Å²) in [6.45, 7) is 8.89. The number of anilines is 3. The highest BCUT2D eigenvalue weighted by Gasteiger charge is 2.31. The van der Waals surface area contributed by atoms with Crippen molar-refractivity contribution in [1.82, 2.24) is 35.2 Å². The smallest absolute Gasteiger partial charge is 0.312 e. The fourth-order valence-corrected chi connectivity index (χ4v) is 4.87. The number of halogens is 2. The lowest BCUT2D eigenvalue weighted by Crippen LogP contribution is -2.52. The molecule has 2 aliphatic rings. The van der Waals surface area contributed by atoms with Gasteiger partial charge in [-0.3, -0.25) is 4.98 Å². The number of pyridine rings is 1. The zero-order valence-corrected chi connectivity index (χ0v) is 22.9. The number of aromatic nitrogens is 7. The van der Waals surface area contributed by atoms with Crippen LogP contribution < -0.4 is 15.0 Å². The van der Waals surface area contributed by atoms with Crippen LogP contribution in [0.15, 0.2) is 35.5 Å². The maximum atomic E-state index is 13.7. The van der Waals surface area contributed by atoms with Gasteiger partial charge in [0.15, 0.2) is 17.3 Å². The van der Waals surface area contributed by atoms with Crippen molar-refractivity contribution in [2.75, 3.05) is 37.5 Å². The molecule has 1 N–H and O–H groups in total. The maximum Gasteiger partial charge on any atom is 0.312 e. The van der Waals surface area contributed by atoms with Crippen LogP contribution in [-0.4, -0.2) is 80.7 Å². The molecule has 0 spiro atoms. The molecule has 13 nitrogen and oxygen atoms in total. The Labute approximate surface area is 239 Å². The molecule has 42 heavy (non-hydrogen) atoms. The number of ether oxygens (including phenoxy) is 2. The largest absolute Gasteiger partial charge is 0.494 e. The topological polar surface area (TPSA) is 133 Å². The number of nitrogens with zero attached hydrogens (tertiary/aromatic N) is 10. The zero-order valence-electron chi connectivity index (χ0n) is 22.9. The lowest BCUT2D eigenvalue weighted by molar-refractivity contribution is 0.0784. The minimum Gasteiger partial charge on any atom is -0.494 e. The molecule has 4 aromatic rings. The predicted molar refractivity (Wildman–Crippen MR) is 149 cm³/mol. The summed E-state index contributed by atoms with van der Waals surface area (Å²) in [7, 11) is 4.82. The first-order valence-corrected chi connectivity index (χ1v) is 12.9. The second-order valence-corrected chi connectivity index (χ2v) is 9.71. The monoisotopic (exact) mass is 573 g/mol. The number of nitrogens with one attached hydrogen (secondary N) is 1. The third-order valence-corrected chi connectivity index (χ3v) is 6.95. The van der Waals surface area contributed by atoms with E-state index in [0.29, 0.717) is 70.2 Å². The van der Waals surface area contributed by atoms with Gasteiger partial charge in [0, 0.05) is 26.6 Å². The van der Waals surface area contributed by atoms with Gasteiger partial charge in [0.25, 0.3) is 6.43 Å². The summed E-state index contributed by atoms with van der Waals surface area (Å²) in [6, 6.07) is 7.11. The van der Waals surface area contributed by atoms with Crippen molar-refractivity contribution in [1.29, 1.82) is 0 Å². The quantitative estimate of drug-likeness (QED) is 0.296. The summed E-state index contributed by atoms with van der Waals surface area (Å²) >= 11 is 0. The van der Waals surface area contributed by atoms with Crippen LogP contribution in [-0.2, 0) is 24.6 Å².